The van der Waals surface area contributed by atoms with Gasteiger partial charge in [-0.3, -0.25) is 0 Å². The van der Waals surface area contributed by atoms with Crippen LogP contribution in [-0.4, -0.2) is 11.4 Å². The molecule has 60 valence electrons. The zero-order chi connectivity index (χ0) is 8.27. The van der Waals surface area contributed by atoms with Crippen molar-refractivity contribution in [3.63, 3.8) is 0 Å². The number of hydrogen-bond acceptors (Lipinski definition) is 3. The summed E-state index contributed by atoms with van der Waals surface area (Å²) in [6.45, 7) is 1.86. The molecule has 2 nitrogen and oxygen atoms in total. The average molecular weight is 170 g/mol. The lowest BCUT2D eigenvalue weighted by molar-refractivity contribution is -0.108. The van der Waals surface area contributed by atoms with E-state index in [2.05, 4.69) is 0 Å². The van der Waals surface area contributed by atoms with Crippen LogP contribution in [0.1, 0.15) is 23.3 Å². The number of rotatable bonds is 3. The van der Waals surface area contributed by atoms with Gasteiger partial charge in [-0.1, -0.05) is 6.92 Å². The summed E-state index contributed by atoms with van der Waals surface area (Å²) in [5.74, 6) is -0.0941. The minimum Gasteiger partial charge on any atom is -0.391 e. The Morgan fingerprint density at radius 1 is 1.82 bits per heavy atom. The molecule has 0 saturated heterocycles. The SMILES string of the molecule is CC(C=O)c1ccsc1CO. The molecule has 0 aliphatic heterocycles. The van der Waals surface area contributed by atoms with E-state index in [1.165, 1.54) is 11.3 Å². The van der Waals surface area contributed by atoms with Crippen LogP contribution in [0.4, 0.5) is 0 Å². The first kappa shape index (κ1) is 8.43. The van der Waals surface area contributed by atoms with E-state index in [-0.39, 0.29) is 12.5 Å². The third-order valence-corrected chi connectivity index (χ3v) is 2.54. The lowest BCUT2D eigenvalue weighted by Gasteiger charge is -2.01. The zero-order valence-corrected chi connectivity index (χ0v) is 7.10. The van der Waals surface area contributed by atoms with Crippen molar-refractivity contribution in [1.82, 2.24) is 0 Å². The van der Waals surface area contributed by atoms with E-state index < -0.39 is 0 Å². The molecule has 0 aliphatic rings. The summed E-state index contributed by atoms with van der Waals surface area (Å²) in [6.07, 6.45) is 0.890. The maximum atomic E-state index is 10.4. The van der Waals surface area contributed by atoms with Crippen LogP contribution in [0.25, 0.3) is 0 Å². The molecule has 0 fully saturated rings. The molecule has 0 radical (unpaired) electrons. The van der Waals surface area contributed by atoms with Crippen LogP contribution in [-0.2, 0) is 11.4 Å². The Hall–Kier alpha value is -0.670. The highest BCUT2D eigenvalue weighted by Gasteiger charge is 2.09. The van der Waals surface area contributed by atoms with Crippen molar-refractivity contribution in [2.75, 3.05) is 0 Å². The Labute approximate surface area is 69.5 Å². The van der Waals surface area contributed by atoms with E-state index in [1.54, 1.807) is 0 Å². The second-order valence-corrected chi connectivity index (χ2v) is 3.38. The summed E-state index contributed by atoms with van der Waals surface area (Å²) in [4.78, 5) is 11.3. The minimum atomic E-state index is -0.0941. The summed E-state index contributed by atoms with van der Waals surface area (Å²) in [6, 6.07) is 1.88. The van der Waals surface area contributed by atoms with Gasteiger partial charge < -0.3 is 9.90 Å². The van der Waals surface area contributed by atoms with Crippen LogP contribution in [0, 0.1) is 0 Å². The number of aliphatic hydroxyl groups is 1. The van der Waals surface area contributed by atoms with Crippen LogP contribution < -0.4 is 0 Å². The zero-order valence-electron chi connectivity index (χ0n) is 6.28. The minimum absolute atomic E-state index is 0.0329. The molecule has 1 aromatic heterocycles. The lowest BCUT2D eigenvalue weighted by Crippen LogP contribution is -1.95. The molecular formula is C8H10O2S. The van der Waals surface area contributed by atoms with Crippen molar-refractivity contribution in [2.24, 2.45) is 0 Å². The first-order chi connectivity index (χ1) is 5.29. The van der Waals surface area contributed by atoms with Crippen molar-refractivity contribution in [3.8, 4) is 0 Å². The van der Waals surface area contributed by atoms with Crippen LogP contribution in [0.3, 0.4) is 0 Å². The fourth-order valence-corrected chi connectivity index (χ4v) is 1.80. The Kier molecular flexibility index (Phi) is 2.79. The number of carbonyl (C=O) groups excluding carboxylic acids is 1. The summed E-state index contributed by atoms with van der Waals surface area (Å²) >= 11 is 1.48. The Bertz CT molecular complexity index is 242. The highest BCUT2D eigenvalue weighted by atomic mass is 32.1. The molecule has 3 heteroatoms. The molecule has 11 heavy (non-hydrogen) atoms. The third-order valence-electron chi connectivity index (χ3n) is 1.62. The molecule has 0 saturated carbocycles. The third kappa shape index (κ3) is 1.67. The van der Waals surface area contributed by atoms with Crippen LogP contribution >= 0.6 is 11.3 Å². The van der Waals surface area contributed by atoms with Gasteiger partial charge in [-0.25, -0.2) is 0 Å². The fourth-order valence-electron chi connectivity index (χ4n) is 0.958. The molecule has 0 spiro atoms. The number of aldehydes is 1. The van der Waals surface area contributed by atoms with Gasteiger partial charge >= 0.3 is 0 Å². The van der Waals surface area contributed by atoms with Gasteiger partial charge in [0.25, 0.3) is 0 Å². The van der Waals surface area contributed by atoms with Gasteiger partial charge in [0.05, 0.1) is 6.61 Å². The van der Waals surface area contributed by atoms with Gasteiger partial charge in [-0.05, 0) is 17.0 Å². The Morgan fingerprint density at radius 3 is 3.09 bits per heavy atom. The second kappa shape index (κ2) is 3.64. The smallest absolute Gasteiger partial charge is 0.127 e. The molecule has 1 heterocycles. The topological polar surface area (TPSA) is 37.3 Å². The van der Waals surface area contributed by atoms with Gasteiger partial charge in [0.1, 0.15) is 6.29 Å². The first-order valence-corrected chi connectivity index (χ1v) is 4.30. The van der Waals surface area contributed by atoms with E-state index in [4.69, 9.17) is 5.11 Å². The van der Waals surface area contributed by atoms with Gasteiger partial charge in [0.2, 0.25) is 0 Å². The van der Waals surface area contributed by atoms with Crippen molar-refractivity contribution in [1.29, 1.82) is 0 Å². The average Bonchev–Trinajstić information content (AvgIpc) is 2.50. The fraction of sp³-hybridized carbons (Fsp3) is 0.375. The number of thiophene rings is 1. The predicted octanol–water partition coefficient (Wildman–Crippen LogP) is 1.54. The number of aliphatic hydroxyl groups excluding tert-OH is 1. The lowest BCUT2D eigenvalue weighted by atomic mass is 10.0. The Morgan fingerprint density at radius 2 is 2.55 bits per heavy atom. The first-order valence-electron chi connectivity index (χ1n) is 3.42. The van der Waals surface area contributed by atoms with Crippen LogP contribution in [0.5, 0.6) is 0 Å². The van der Waals surface area contributed by atoms with E-state index >= 15 is 0 Å². The van der Waals surface area contributed by atoms with Crippen LogP contribution in [0.15, 0.2) is 11.4 Å². The van der Waals surface area contributed by atoms with Gasteiger partial charge in [0.15, 0.2) is 0 Å². The molecular weight excluding hydrogens is 160 g/mol. The van der Waals surface area contributed by atoms with E-state index in [9.17, 15) is 4.79 Å². The molecule has 1 aromatic rings. The molecule has 1 N–H and O–H groups in total. The summed E-state index contributed by atoms with van der Waals surface area (Å²) in [5, 5.41) is 10.7. The van der Waals surface area contributed by atoms with E-state index in [0.29, 0.717) is 0 Å². The van der Waals surface area contributed by atoms with Crippen molar-refractivity contribution >= 4 is 17.6 Å². The van der Waals surface area contributed by atoms with Crippen molar-refractivity contribution < 1.29 is 9.90 Å². The molecule has 1 unspecified atom stereocenters. The predicted molar refractivity (Wildman–Crippen MR) is 44.7 cm³/mol. The number of hydrogen-bond donors (Lipinski definition) is 1. The van der Waals surface area contributed by atoms with Crippen molar-refractivity contribution in [3.05, 3.63) is 21.9 Å². The summed E-state index contributed by atoms with van der Waals surface area (Å²) in [5.41, 5.74) is 0.951. The molecule has 0 bridgehead atoms. The van der Waals surface area contributed by atoms with Gasteiger partial charge in [-0.15, -0.1) is 11.3 Å². The normalized spacial score (nSPS) is 12.9. The maximum Gasteiger partial charge on any atom is 0.127 e. The largest absolute Gasteiger partial charge is 0.391 e. The highest BCUT2D eigenvalue weighted by molar-refractivity contribution is 7.10. The molecule has 0 amide bonds. The molecule has 0 aliphatic carbocycles. The molecule has 0 aromatic carbocycles. The molecule has 1 rings (SSSR count). The van der Waals surface area contributed by atoms with Gasteiger partial charge in [0, 0.05) is 10.8 Å². The number of carbonyl (C=O) groups is 1. The monoisotopic (exact) mass is 170 g/mol. The quantitative estimate of drug-likeness (QED) is 0.699. The maximum absolute atomic E-state index is 10.4. The van der Waals surface area contributed by atoms with Crippen LogP contribution in [0.2, 0.25) is 0 Å². The summed E-state index contributed by atoms with van der Waals surface area (Å²) in [7, 11) is 0. The van der Waals surface area contributed by atoms with E-state index in [1.807, 2.05) is 18.4 Å². The van der Waals surface area contributed by atoms with E-state index in [0.717, 1.165) is 16.7 Å². The standard InChI is InChI=1S/C8H10O2S/c1-6(4-9)7-2-3-11-8(7)5-10/h2-4,6,10H,5H2,1H3. The molecule has 1 atom stereocenters. The highest BCUT2D eigenvalue weighted by Crippen LogP contribution is 2.23. The van der Waals surface area contributed by atoms with Gasteiger partial charge in [-0.2, -0.15) is 0 Å². The van der Waals surface area contributed by atoms with Crippen molar-refractivity contribution in [2.45, 2.75) is 19.4 Å². The summed E-state index contributed by atoms with van der Waals surface area (Å²) < 4.78 is 0. The second-order valence-electron chi connectivity index (χ2n) is 2.38. The Balaban J connectivity index is 2.91.